The Morgan fingerprint density at radius 1 is 1.71 bits per heavy atom. The highest BCUT2D eigenvalue weighted by Crippen LogP contribution is 2.38. The zero-order valence-corrected chi connectivity index (χ0v) is 8.98. The minimum Gasteiger partial charge on any atom is -0.465 e. The van der Waals surface area contributed by atoms with E-state index in [-0.39, 0.29) is 11.5 Å². The van der Waals surface area contributed by atoms with Crippen LogP contribution in [-0.2, 0) is 4.74 Å². The molecule has 0 radical (unpaired) electrons. The van der Waals surface area contributed by atoms with Crippen molar-refractivity contribution in [2.24, 2.45) is 0 Å². The normalized spacial score (nSPS) is 17.6. The lowest BCUT2D eigenvalue weighted by Crippen LogP contribution is -2.15. The minimum absolute atomic E-state index is 0.200. The van der Waals surface area contributed by atoms with Gasteiger partial charge in [-0.3, -0.25) is 0 Å². The van der Waals surface area contributed by atoms with Gasteiger partial charge in [-0.15, -0.1) is 0 Å². The fourth-order valence-corrected chi connectivity index (χ4v) is 1.98. The Balaban J connectivity index is 2.06. The second kappa shape index (κ2) is 3.24. The zero-order valence-electron chi connectivity index (χ0n) is 8.16. The third kappa shape index (κ3) is 1.87. The van der Waals surface area contributed by atoms with Crippen LogP contribution >= 0.6 is 11.3 Å². The van der Waals surface area contributed by atoms with Crippen molar-refractivity contribution >= 4 is 22.4 Å². The first-order chi connectivity index (χ1) is 6.63. The molecule has 1 aromatic heterocycles. The van der Waals surface area contributed by atoms with Crippen LogP contribution < -0.4 is 5.32 Å². The molecule has 1 fully saturated rings. The first kappa shape index (κ1) is 9.45. The summed E-state index contributed by atoms with van der Waals surface area (Å²) in [6.07, 6.45) is 3.88. The third-order valence-corrected chi connectivity index (χ3v) is 3.19. The maximum atomic E-state index is 11.1. The molecule has 1 heterocycles. The number of ether oxygens (including phenoxy) is 1. The molecule has 1 aliphatic rings. The summed E-state index contributed by atoms with van der Waals surface area (Å²) in [5.41, 5.74) is 0.200. The summed E-state index contributed by atoms with van der Waals surface area (Å²) in [6.45, 7) is 2.15. The molecule has 0 saturated heterocycles. The number of methoxy groups -OCH3 is 1. The van der Waals surface area contributed by atoms with Crippen molar-refractivity contribution in [2.75, 3.05) is 12.4 Å². The Kier molecular flexibility index (Phi) is 2.19. The summed E-state index contributed by atoms with van der Waals surface area (Å²) in [4.78, 5) is 15.8. The summed E-state index contributed by atoms with van der Waals surface area (Å²) in [7, 11) is 1.37. The Hall–Kier alpha value is -1.10. The van der Waals surface area contributed by atoms with Crippen molar-refractivity contribution in [1.82, 2.24) is 4.98 Å². The lowest BCUT2D eigenvalue weighted by molar-refractivity contribution is 0.0606. The molecule has 0 amide bonds. The first-order valence-electron chi connectivity index (χ1n) is 4.45. The van der Waals surface area contributed by atoms with Gasteiger partial charge in [0.15, 0.2) is 5.13 Å². The molecule has 0 bridgehead atoms. The fourth-order valence-electron chi connectivity index (χ4n) is 1.10. The predicted octanol–water partition coefficient (Wildman–Crippen LogP) is 1.89. The zero-order chi connectivity index (χ0) is 10.2. The van der Waals surface area contributed by atoms with Crippen LogP contribution in [-0.4, -0.2) is 23.6 Å². The summed E-state index contributed by atoms with van der Waals surface area (Å²) in [6, 6.07) is 0. The Labute approximate surface area is 86.3 Å². The number of hydrogen-bond donors (Lipinski definition) is 1. The molecule has 14 heavy (non-hydrogen) atoms. The highest BCUT2D eigenvalue weighted by Gasteiger charge is 2.37. The van der Waals surface area contributed by atoms with Gasteiger partial charge in [-0.2, -0.15) is 0 Å². The van der Waals surface area contributed by atoms with Crippen molar-refractivity contribution in [3.05, 3.63) is 11.1 Å². The van der Waals surface area contributed by atoms with Gasteiger partial charge in [0.1, 0.15) is 4.88 Å². The lowest BCUT2D eigenvalue weighted by Gasteiger charge is -2.08. The molecule has 0 aromatic carbocycles. The van der Waals surface area contributed by atoms with Gasteiger partial charge in [0.25, 0.3) is 0 Å². The van der Waals surface area contributed by atoms with Crippen molar-refractivity contribution in [1.29, 1.82) is 0 Å². The Morgan fingerprint density at radius 2 is 2.43 bits per heavy atom. The molecule has 0 atom stereocenters. The molecule has 0 unspecified atom stereocenters. The van der Waals surface area contributed by atoms with Crippen LogP contribution in [0.15, 0.2) is 6.20 Å². The molecular formula is C9H12N2O2S. The van der Waals surface area contributed by atoms with E-state index in [9.17, 15) is 4.79 Å². The number of aromatic nitrogens is 1. The Morgan fingerprint density at radius 3 is 3.00 bits per heavy atom. The van der Waals surface area contributed by atoms with Crippen LogP contribution in [0.4, 0.5) is 5.13 Å². The number of rotatable bonds is 3. The van der Waals surface area contributed by atoms with E-state index in [1.54, 1.807) is 6.20 Å². The second-order valence-corrected chi connectivity index (χ2v) is 4.74. The van der Waals surface area contributed by atoms with E-state index in [2.05, 4.69) is 22.0 Å². The van der Waals surface area contributed by atoms with Crippen molar-refractivity contribution in [2.45, 2.75) is 25.3 Å². The van der Waals surface area contributed by atoms with Crippen LogP contribution in [0.5, 0.6) is 0 Å². The van der Waals surface area contributed by atoms with E-state index < -0.39 is 0 Å². The van der Waals surface area contributed by atoms with Crippen LogP contribution in [0.25, 0.3) is 0 Å². The van der Waals surface area contributed by atoms with Gasteiger partial charge in [0.05, 0.1) is 13.3 Å². The molecule has 1 saturated carbocycles. The molecule has 0 aliphatic heterocycles. The summed E-state index contributed by atoms with van der Waals surface area (Å²) >= 11 is 1.34. The van der Waals surface area contributed by atoms with Crippen molar-refractivity contribution in [3.8, 4) is 0 Å². The van der Waals surface area contributed by atoms with E-state index in [0.717, 1.165) is 5.13 Å². The standard InChI is InChI=1S/C9H12N2O2S/c1-9(3-4-9)11-8-10-5-6(14-8)7(12)13-2/h5H,3-4H2,1-2H3,(H,10,11). The summed E-state index contributed by atoms with van der Waals surface area (Å²) in [5, 5.41) is 4.09. The number of carbonyl (C=O) groups excluding carboxylic acids is 1. The lowest BCUT2D eigenvalue weighted by atomic mass is 10.3. The minimum atomic E-state index is -0.323. The van der Waals surface area contributed by atoms with Gasteiger partial charge in [0.2, 0.25) is 0 Å². The molecule has 1 aromatic rings. The topological polar surface area (TPSA) is 51.2 Å². The number of thiazole rings is 1. The number of nitrogens with zero attached hydrogens (tertiary/aromatic N) is 1. The highest BCUT2D eigenvalue weighted by molar-refractivity contribution is 7.17. The Bertz CT molecular complexity index is 357. The van der Waals surface area contributed by atoms with Crippen LogP contribution in [0.3, 0.4) is 0 Å². The van der Waals surface area contributed by atoms with E-state index >= 15 is 0 Å². The first-order valence-corrected chi connectivity index (χ1v) is 5.27. The van der Waals surface area contributed by atoms with Gasteiger partial charge in [-0.1, -0.05) is 11.3 Å². The molecule has 76 valence electrons. The van der Waals surface area contributed by atoms with Gasteiger partial charge < -0.3 is 10.1 Å². The SMILES string of the molecule is COC(=O)c1cnc(NC2(C)CC2)s1. The predicted molar refractivity (Wildman–Crippen MR) is 54.7 cm³/mol. The van der Waals surface area contributed by atoms with E-state index in [4.69, 9.17) is 0 Å². The molecule has 2 rings (SSSR count). The van der Waals surface area contributed by atoms with Gasteiger partial charge in [-0.05, 0) is 19.8 Å². The van der Waals surface area contributed by atoms with Crippen molar-refractivity contribution < 1.29 is 9.53 Å². The number of anilines is 1. The van der Waals surface area contributed by atoms with Crippen LogP contribution in [0.1, 0.15) is 29.4 Å². The quantitative estimate of drug-likeness (QED) is 0.777. The molecule has 1 aliphatic carbocycles. The average molecular weight is 212 g/mol. The maximum absolute atomic E-state index is 11.1. The smallest absolute Gasteiger partial charge is 0.349 e. The monoisotopic (exact) mass is 212 g/mol. The second-order valence-electron chi connectivity index (χ2n) is 3.71. The number of nitrogens with one attached hydrogen (secondary N) is 1. The average Bonchev–Trinajstić information content (AvgIpc) is 2.71. The van der Waals surface area contributed by atoms with Crippen molar-refractivity contribution in [3.63, 3.8) is 0 Å². The highest BCUT2D eigenvalue weighted by atomic mass is 32.1. The van der Waals surface area contributed by atoms with Gasteiger partial charge in [0, 0.05) is 5.54 Å². The van der Waals surface area contributed by atoms with E-state index in [1.165, 1.54) is 31.3 Å². The fraction of sp³-hybridized carbons (Fsp3) is 0.556. The molecular weight excluding hydrogens is 200 g/mol. The van der Waals surface area contributed by atoms with E-state index in [0.29, 0.717) is 4.88 Å². The maximum Gasteiger partial charge on any atom is 0.349 e. The molecule has 0 spiro atoms. The van der Waals surface area contributed by atoms with Crippen LogP contribution in [0.2, 0.25) is 0 Å². The third-order valence-electron chi connectivity index (χ3n) is 2.30. The largest absolute Gasteiger partial charge is 0.465 e. The molecule has 5 heteroatoms. The molecule has 4 nitrogen and oxygen atoms in total. The van der Waals surface area contributed by atoms with Gasteiger partial charge >= 0.3 is 5.97 Å². The van der Waals surface area contributed by atoms with Gasteiger partial charge in [-0.25, -0.2) is 9.78 Å². The number of hydrogen-bond acceptors (Lipinski definition) is 5. The number of esters is 1. The summed E-state index contributed by atoms with van der Waals surface area (Å²) < 4.78 is 4.60. The summed E-state index contributed by atoms with van der Waals surface area (Å²) in [5.74, 6) is -0.323. The van der Waals surface area contributed by atoms with E-state index in [1.807, 2.05) is 0 Å². The van der Waals surface area contributed by atoms with Crippen LogP contribution in [0, 0.1) is 0 Å². The molecule has 1 N–H and O–H groups in total. The number of carbonyl (C=O) groups is 1.